The molecule has 0 saturated carbocycles. The number of carboxylic acid groups (broad SMARTS) is 1. The van der Waals surface area contributed by atoms with Gasteiger partial charge in [0.15, 0.2) is 11.5 Å². The Morgan fingerprint density at radius 2 is 2.00 bits per heavy atom. The Bertz CT molecular complexity index is 523. The van der Waals surface area contributed by atoms with Gasteiger partial charge in [0.1, 0.15) is 5.56 Å². The van der Waals surface area contributed by atoms with E-state index in [1.165, 1.54) is 7.11 Å². The van der Waals surface area contributed by atoms with E-state index in [1.54, 1.807) is 0 Å². The number of methoxy groups -OCH3 is 1. The maximum absolute atomic E-state index is 11.0. The molecule has 0 fully saturated rings. The first-order chi connectivity index (χ1) is 8.36. The SMILES string of the molecule is COc1cc([N+](=O)[O-])cc(C(=O)O)c1OC(C)=O. The Morgan fingerprint density at radius 3 is 2.39 bits per heavy atom. The van der Waals surface area contributed by atoms with Gasteiger partial charge in [-0.05, 0) is 0 Å². The van der Waals surface area contributed by atoms with E-state index in [9.17, 15) is 19.7 Å². The molecule has 0 aliphatic heterocycles. The van der Waals surface area contributed by atoms with Crippen LogP contribution in [0.4, 0.5) is 5.69 Å². The second-order valence-corrected chi connectivity index (χ2v) is 3.18. The molecule has 0 amide bonds. The lowest BCUT2D eigenvalue weighted by Crippen LogP contribution is -2.09. The number of nitrogens with zero attached hydrogens (tertiary/aromatic N) is 1. The van der Waals surface area contributed by atoms with Gasteiger partial charge in [-0.25, -0.2) is 4.79 Å². The molecule has 0 radical (unpaired) electrons. The zero-order valence-corrected chi connectivity index (χ0v) is 9.50. The maximum Gasteiger partial charge on any atom is 0.339 e. The third-order valence-corrected chi connectivity index (χ3v) is 1.95. The van der Waals surface area contributed by atoms with E-state index in [-0.39, 0.29) is 11.5 Å². The Hall–Kier alpha value is -2.64. The quantitative estimate of drug-likeness (QED) is 0.372. The summed E-state index contributed by atoms with van der Waals surface area (Å²) in [5.41, 5.74) is -0.989. The third-order valence-electron chi connectivity index (χ3n) is 1.95. The van der Waals surface area contributed by atoms with Crippen molar-refractivity contribution in [2.45, 2.75) is 6.92 Å². The van der Waals surface area contributed by atoms with Crippen molar-refractivity contribution in [3.63, 3.8) is 0 Å². The molecule has 8 heteroatoms. The number of nitro groups is 1. The monoisotopic (exact) mass is 255 g/mol. The Labute approximate surface area is 101 Å². The van der Waals surface area contributed by atoms with E-state index in [2.05, 4.69) is 0 Å². The summed E-state index contributed by atoms with van der Waals surface area (Å²) in [7, 11) is 1.18. The molecule has 0 spiro atoms. The molecule has 96 valence electrons. The second kappa shape index (κ2) is 5.13. The van der Waals surface area contributed by atoms with Crippen LogP contribution in [0, 0.1) is 10.1 Å². The summed E-state index contributed by atoms with van der Waals surface area (Å²) >= 11 is 0. The van der Waals surface area contributed by atoms with E-state index in [0.29, 0.717) is 0 Å². The highest BCUT2D eigenvalue weighted by Gasteiger charge is 2.23. The minimum Gasteiger partial charge on any atom is -0.493 e. The molecule has 0 bridgehead atoms. The molecular weight excluding hydrogens is 246 g/mol. The summed E-state index contributed by atoms with van der Waals surface area (Å²) in [5.74, 6) is -2.78. The van der Waals surface area contributed by atoms with Crippen LogP contribution in [0.2, 0.25) is 0 Å². The van der Waals surface area contributed by atoms with Gasteiger partial charge in [-0.1, -0.05) is 0 Å². The number of benzene rings is 1. The van der Waals surface area contributed by atoms with Gasteiger partial charge in [0.2, 0.25) is 0 Å². The van der Waals surface area contributed by atoms with Crippen molar-refractivity contribution in [2.75, 3.05) is 7.11 Å². The molecule has 1 rings (SSSR count). The van der Waals surface area contributed by atoms with Gasteiger partial charge in [0.25, 0.3) is 5.69 Å². The fourth-order valence-corrected chi connectivity index (χ4v) is 1.25. The summed E-state index contributed by atoms with van der Waals surface area (Å²) < 4.78 is 9.48. The van der Waals surface area contributed by atoms with Crippen molar-refractivity contribution in [3.05, 3.63) is 27.8 Å². The summed E-state index contributed by atoms with van der Waals surface area (Å²) in [4.78, 5) is 31.7. The van der Waals surface area contributed by atoms with Gasteiger partial charge in [-0.2, -0.15) is 0 Å². The van der Waals surface area contributed by atoms with Crippen LogP contribution in [0.15, 0.2) is 12.1 Å². The standard InChI is InChI=1S/C10H9NO7/c1-5(12)18-9-7(10(13)14)3-6(11(15)16)4-8(9)17-2/h3-4H,1-2H3,(H,13,14). The molecule has 1 aromatic carbocycles. The van der Waals surface area contributed by atoms with Gasteiger partial charge in [-0.3, -0.25) is 14.9 Å². The van der Waals surface area contributed by atoms with Crippen molar-refractivity contribution in [1.29, 1.82) is 0 Å². The lowest BCUT2D eigenvalue weighted by molar-refractivity contribution is -0.385. The number of carboxylic acids is 1. The van der Waals surface area contributed by atoms with Gasteiger partial charge in [0.05, 0.1) is 18.1 Å². The summed E-state index contributed by atoms with van der Waals surface area (Å²) in [6, 6.07) is 1.77. The Morgan fingerprint density at radius 1 is 1.39 bits per heavy atom. The summed E-state index contributed by atoms with van der Waals surface area (Å²) in [6.07, 6.45) is 0. The van der Waals surface area contributed by atoms with E-state index in [0.717, 1.165) is 19.1 Å². The van der Waals surface area contributed by atoms with Crippen LogP contribution in [0.25, 0.3) is 0 Å². The molecule has 0 unspecified atom stereocenters. The van der Waals surface area contributed by atoms with Crippen LogP contribution in [0.1, 0.15) is 17.3 Å². The van der Waals surface area contributed by atoms with Gasteiger partial charge >= 0.3 is 11.9 Å². The fourth-order valence-electron chi connectivity index (χ4n) is 1.25. The van der Waals surface area contributed by atoms with Crippen LogP contribution < -0.4 is 9.47 Å². The largest absolute Gasteiger partial charge is 0.493 e. The minimum absolute atomic E-state index is 0.197. The number of ether oxygens (including phenoxy) is 2. The number of esters is 1. The number of carbonyl (C=O) groups is 2. The van der Waals surface area contributed by atoms with Crippen LogP contribution in [0.3, 0.4) is 0 Å². The average molecular weight is 255 g/mol. The summed E-state index contributed by atoms with van der Waals surface area (Å²) in [5, 5.41) is 19.6. The first-order valence-corrected chi connectivity index (χ1v) is 4.65. The van der Waals surface area contributed by atoms with Crippen molar-refractivity contribution in [2.24, 2.45) is 0 Å². The molecule has 18 heavy (non-hydrogen) atoms. The van der Waals surface area contributed by atoms with Gasteiger partial charge < -0.3 is 14.6 Å². The highest BCUT2D eigenvalue weighted by atomic mass is 16.6. The number of aromatic carboxylic acids is 1. The van der Waals surface area contributed by atoms with E-state index in [1.807, 2.05) is 0 Å². The topological polar surface area (TPSA) is 116 Å². The highest BCUT2D eigenvalue weighted by molar-refractivity contribution is 5.94. The predicted octanol–water partition coefficient (Wildman–Crippen LogP) is 1.23. The highest BCUT2D eigenvalue weighted by Crippen LogP contribution is 2.35. The number of nitro benzene ring substituents is 1. The van der Waals surface area contributed by atoms with Gasteiger partial charge in [-0.15, -0.1) is 0 Å². The smallest absolute Gasteiger partial charge is 0.339 e. The van der Waals surface area contributed by atoms with Crippen molar-refractivity contribution in [1.82, 2.24) is 0 Å². The van der Waals surface area contributed by atoms with Crippen LogP contribution in [-0.2, 0) is 4.79 Å². The van der Waals surface area contributed by atoms with Gasteiger partial charge in [0, 0.05) is 13.0 Å². The molecule has 0 saturated heterocycles. The second-order valence-electron chi connectivity index (χ2n) is 3.18. The Kier molecular flexibility index (Phi) is 3.82. The fraction of sp³-hybridized carbons (Fsp3) is 0.200. The average Bonchev–Trinajstić information content (AvgIpc) is 2.27. The lowest BCUT2D eigenvalue weighted by Gasteiger charge is -2.10. The number of non-ortho nitro benzene ring substituents is 1. The van der Waals surface area contributed by atoms with Crippen molar-refractivity contribution < 1.29 is 29.1 Å². The first-order valence-electron chi connectivity index (χ1n) is 4.65. The number of hydrogen-bond acceptors (Lipinski definition) is 6. The molecule has 0 aliphatic rings. The van der Waals surface area contributed by atoms with Crippen molar-refractivity contribution in [3.8, 4) is 11.5 Å². The minimum atomic E-state index is -1.46. The van der Waals surface area contributed by atoms with E-state index in [4.69, 9.17) is 14.6 Å². The van der Waals surface area contributed by atoms with Crippen LogP contribution >= 0.6 is 0 Å². The predicted molar refractivity (Wildman–Crippen MR) is 57.9 cm³/mol. The zero-order chi connectivity index (χ0) is 13.9. The molecular formula is C10H9NO7. The molecule has 0 aliphatic carbocycles. The zero-order valence-electron chi connectivity index (χ0n) is 9.50. The number of rotatable bonds is 4. The number of hydrogen-bond donors (Lipinski definition) is 1. The maximum atomic E-state index is 11.0. The van der Waals surface area contributed by atoms with E-state index < -0.39 is 28.1 Å². The van der Waals surface area contributed by atoms with Crippen molar-refractivity contribution >= 4 is 17.6 Å². The van der Waals surface area contributed by atoms with E-state index >= 15 is 0 Å². The van der Waals surface area contributed by atoms with Crippen LogP contribution in [0.5, 0.6) is 11.5 Å². The molecule has 8 nitrogen and oxygen atoms in total. The molecule has 0 aromatic heterocycles. The molecule has 1 N–H and O–H groups in total. The molecule has 0 heterocycles. The summed E-state index contributed by atoms with van der Waals surface area (Å²) in [6.45, 7) is 1.08. The third kappa shape index (κ3) is 2.73. The first kappa shape index (κ1) is 13.4. The Balaban J connectivity index is 3.50. The normalized spacial score (nSPS) is 9.67. The number of carbonyl (C=O) groups excluding carboxylic acids is 1. The van der Waals surface area contributed by atoms with Crippen LogP contribution in [-0.4, -0.2) is 29.1 Å². The molecule has 0 atom stereocenters. The lowest BCUT2D eigenvalue weighted by atomic mass is 10.1. The molecule has 1 aromatic rings.